The number of nitrogens with one attached hydrogen (secondary N) is 1. The summed E-state index contributed by atoms with van der Waals surface area (Å²) in [5.41, 5.74) is 5.63. The second-order valence-corrected chi connectivity index (χ2v) is 9.47. The van der Waals surface area contributed by atoms with Crippen LogP contribution in [0.1, 0.15) is 26.2 Å². The van der Waals surface area contributed by atoms with Crippen molar-refractivity contribution < 1.29 is 14.3 Å². The molecule has 8 nitrogen and oxygen atoms in total. The number of allylic oxidation sites excluding steroid dienone is 2. The fraction of sp³-hybridized carbons (Fsp3) is 0.640. The molecule has 8 heteroatoms. The number of hydrogen-bond acceptors (Lipinski definition) is 6. The number of amides is 2. The van der Waals surface area contributed by atoms with Crippen LogP contribution in [0.5, 0.6) is 0 Å². The number of ether oxygens (including phenoxy) is 1. The van der Waals surface area contributed by atoms with Gasteiger partial charge in [0, 0.05) is 52.1 Å². The van der Waals surface area contributed by atoms with E-state index in [1.54, 1.807) is 0 Å². The minimum Gasteiger partial charge on any atom is -0.375 e. The smallest absolute Gasteiger partial charge is 0.224 e. The van der Waals surface area contributed by atoms with Gasteiger partial charge in [-0.25, -0.2) is 4.98 Å². The van der Waals surface area contributed by atoms with Crippen LogP contribution in [0.3, 0.4) is 0 Å². The predicted molar refractivity (Wildman–Crippen MR) is 127 cm³/mol. The molecule has 1 aromatic heterocycles. The lowest BCUT2D eigenvalue weighted by atomic mass is 9.82. The van der Waals surface area contributed by atoms with E-state index in [1.807, 2.05) is 30.5 Å². The molecule has 3 aliphatic rings. The number of primary amides is 1. The molecular formula is C25H37N5O3. The summed E-state index contributed by atoms with van der Waals surface area (Å²) in [5.74, 6) is 0.0639. The molecule has 2 aliphatic carbocycles. The maximum atomic E-state index is 13.0. The summed E-state index contributed by atoms with van der Waals surface area (Å²) in [5, 5.41) is 3.09. The molecule has 1 saturated heterocycles. The van der Waals surface area contributed by atoms with E-state index in [-0.39, 0.29) is 41.6 Å². The van der Waals surface area contributed by atoms with Crippen LogP contribution in [0.15, 0.2) is 36.5 Å². The number of anilines is 1. The Morgan fingerprint density at radius 1 is 1.18 bits per heavy atom. The normalized spacial score (nSPS) is 27.6. The van der Waals surface area contributed by atoms with Crippen LogP contribution >= 0.6 is 0 Å². The summed E-state index contributed by atoms with van der Waals surface area (Å²) in [6.07, 6.45) is 8.79. The first-order valence-corrected chi connectivity index (χ1v) is 12.3. The van der Waals surface area contributed by atoms with Crippen molar-refractivity contribution in [3.8, 4) is 0 Å². The van der Waals surface area contributed by atoms with Gasteiger partial charge in [-0.2, -0.15) is 0 Å². The molecule has 1 saturated carbocycles. The second kappa shape index (κ2) is 11.1. The topological polar surface area (TPSA) is 101 Å². The highest BCUT2D eigenvalue weighted by atomic mass is 16.5. The van der Waals surface area contributed by atoms with E-state index < -0.39 is 0 Å². The monoisotopic (exact) mass is 455 g/mol. The molecule has 2 bridgehead atoms. The van der Waals surface area contributed by atoms with Gasteiger partial charge >= 0.3 is 0 Å². The van der Waals surface area contributed by atoms with Crippen LogP contribution in [0.25, 0.3) is 0 Å². The molecule has 180 valence electrons. The molecule has 0 radical (unpaired) electrons. The van der Waals surface area contributed by atoms with Crippen LogP contribution in [0, 0.1) is 23.7 Å². The molecule has 33 heavy (non-hydrogen) atoms. The molecule has 0 spiro atoms. The molecule has 0 aromatic carbocycles. The zero-order valence-corrected chi connectivity index (χ0v) is 19.6. The Balaban J connectivity index is 1.29. The van der Waals surface area contributed by atoms with Gasteiger partial charge in [-0.05, 0) is 36.8 Å². The van der Waals surface area contributed by atoms with Crippen molar-refractivity contribution >= 4 is 17.6 Å². The van der Waals surface area contributed by atoms with Crippen molar-refractivity contribution in [3.63, 3.8) is 0 Å². The average molecular weight is 456 g/mol. The molecule has 2 heterocycles. The van der Waals surface area contributed by atoms with E-state index in [9.17, 15) is 9.59 Å². The highest BCUT2D eigenvalue weighted by Crippen LogP contribution is 2.47. The van der Waals surface area contributed by atoms with E-state index in [4.69, 9.17) is 10.5 Å². The summed E-state index contributed by atoms with van der Waals surface area (Å²) in [7, 11) is 0. The van der Waals surface area contributed by atoms with Gasteiger partial charge in [0.15, 0.2) is 0 Å². The first-order valence-electron chi connectivity index (χ1n) is 12.3. The Kier molecular flexibility index (Phi) is 7.98. The number of aromatic nitrogens is 1. The fourth-order valence-corrected chi connectivity index (χ4v) is 5.46. The number of nitrogens with zero attached hydrogens (tertiary/aromatic N) is 3. The number of carbonyl (C=O) groups is 2. The Morgan fingerprint density at radius 2 is 1.94 bits per heavy atom. The number of pyridine rings is 1. The molecule has 1 aliphatic heterocycles. The standard InChI is InChI=1S/C25H37N5O3/c1-2-3-14-33-20(17-29-10-12-30(13-11-29)21-6-4-5-9-27-21)16-28-25(32)23-19-8-7-18(15-19)22(23)24(26)31/h4-9,18-20,22-23H,2-3,10-17H2,1H3,(H2,26,31)(H,28,32). The number of nitrogens with two attached hydrogens (primary N) is 1. The lowest BCUT2D eigenvalue weighted by Gasteiger charge is -2.37. The number of unbranched alkanes of at least 4 members (excludes halogenated alkanes) is 1. The molecule has 5 atom stereocenters. The number of hydrogen-bond donors (Lipinski definition) is 2. The highest BCUT2D eigenvalue weighted by molar-refractivity contribution is 5.89. The van der Waals surface area contributed by atoms with E-state index in [1.165, 1.54) is 0 Å². The van der Waals surface area contributed by atoms with Crippen molar-refractivity contribution in [2.75, 3.05) is 50.8 Å². The van der Waals surface area contributed by atoms with Gasteiger partial charge in [0.1, 0.15) is 5.82 Å². The van der Waals surface area contributed by atoms with Crippen LogP contribution in [0.4, 0.5) is 5.82 Å². The number of fused-ring (bicyclic) bond motifs is 2. The van der Waals surface area contributed by atoms with Gasteiger partial charge in [-0.15, -0.1) is 0 Å². The molecule has 2 fully saturated rings. The van der Waals surface area contributed by atoms with Crippen molar-refractivity contribution in [2.45, 2.75) is 32.3 Å². The number of carbonyl (C=O) groups excluding carboxylic acids is 2. The Morgan fingerprint density at radius 3 is 2.61 bits per heavy atom. The van der Waals surface area contributed by atoms with Crippen molar-refractivity contribution in [2.24, 2.45) is 29.4 Å². The van der Waals surface area contributed by atoms with E-state index in [0.29, 0.717) is 13.2 Å². The van der Waals surface area contributed by atoms with Gasteiger partial charge in [0.25, 0.3) is 0 Å². The zero-order valence-electron chi connectivity index (χ0n) is 19.6. The molecule has 4 rings (SSSR count). The quantitative estimate of drug-likeness (QED) is 0.387. The lowest BCUT2D eigenvalue weighted by molar-refractivity contribution is -0.134. The minimum atomic E-state index is -0.390. The third kappa shape index (κ3) is 5.73. The molecular weight excluding hydrogens is 418 g/mol. The first kappa shape index (κ1) is 23.7. The highest BCUT2D eigenvalue weighted by Gasteiger charge is 2.50. The summed E-state index contributed by atoms with van der Waals surface area (Å²) in [6.45, 7) is 7.75. The van der Waals surface area contributed by atoms with Gasteiger partial charge in [-0.3, -0.25) is 14.5 Å². The van der Waals surface area contributed by atoms with Crippen LogP contribution in [0.2, 0.25) is 0 Å². The average Bonchev–Trinajstić information content (AvgIpc) is 3.45. The Labute approximate surface area is 196 Å². The number of piperazine rings is 1. The third-order valence-corrected chi connectivity index (χ3v) is 7.25. The van der Waals surface area contributed by atoms with Crippen molar-refractivity contribution in [1.29, 1.82) is 0 Å². The van der Waals surface area contributed by atoms with Crippen molar-refractivity contribution in [3.05, 3.63) is 36.5 Å². The summed E-state index contributed by atoms with van der Waals surface area (Å²) in [6, 6.07) is 6.00. The van der Waals surface area contributed by atoms with Crippen LogP contribution in [-0.4, -0.2) is 73.7 Å². The van der Waals surface area contributed by atoms with Gasteiger partial charge in [-0.1, -0.05) is 31.6 Å². The minimum absolute atomic E-state index is 0.0697. The van der Waals surface area contributed by atoms with E-state index >= 15 is 0 Å². The van der Waals surface area contributed by atoms with Crippen LogP contribution in [-0.2, 0) is 14.3 Å². The first-order chi connectivity index (χ1) is 16.1. The zero-order chi connectivity index (χ0) is 23.2. The molecule has 1 aromatic rings. The summed E-state index contributed by atoms with van der Waals surface area (Å²) < 4.78 is 6.16. The third-order valence-electron chi connectivity index (χ3n) is 7.25. The molecule has 2 amide bonds. The lowest BCUT2D eigenvalue weighted by Crippen LogP contribution is -2.51. The number of rotatable bonds is 11. The van der Waals surface area contributed by atoms with Gasteiger partial charge < -0.3 is 20.7 Å². The maximum absolute atomic E-state index is 13.0. The largest absolute Gasteiger partial charge is 0.375 e. The van der Waals surface area contributed by atoms with Crippen molar-refractivity contribution in [1.82, 2.24) is 15.2 Å². The SMILES string of the molecule is CCCCOC(CNC(=O)C1C2C=CC(C2)C1C(N)=O)CN1CCN(c2ccccn2)CC1. The second-order valence-electron chi connectivity index (χ2n) is 9.47. The fourth-order valence-electron chi connectivity index (χ4n) is 5.46. The Bertz CT molecular complexity index is 825. The van der Waals surface area contributed by atoms with E-state index in [2.05, 4.69) is 33.1 Å². The van der Waals surface area contributed by atoms with Gasteiger partial charge in [0.2, 0.25) is 11.8 Å². The summed E-state index contributed by atoms with van der Waals surface area (Å²) in [4.78, 5) is 34.2. The Hall–Kier alpha value is -2.45. The maximum Gasteiger partial charge on any atom is 0.224 e. The van der Waals surface area contributed by atoms with E-state index in [0.717, 1.165) is 57.8 Å². The summed E-state index contributed by atoms with van der Waals surface area (Å²) >= 11 is 0. The predicted octanol–water partition coefficient (Wildman–Crippen LogP) is 1.43. The van der Waals surface area contributed by atoms with Gasteiger partial charge in [0.05, 0.1) is 17.9 Å². The molecule has 5 unspecified atom stereocenters. The van der Waals surface area contributed by atoms with Crippen LogP contribution < -0.4 is 16.0 Å². The molecule has 3 N–H and O–H groups in total.